The van der Waals surface area contributed by atoms with Crippen LogP contribution in [0, 0.1) is 0 Å². The summed E-state index contributed by atoms with van der Waals surface area (Å²) in [4.78, 5) is 17.9. The van der Waals surface area contributed by atoms with Crippen LogP contribution in [0.4, 0.5) is 5.69 Å². The Kier molecular flexibility index (Phi) is 5.76. The first-order chi connectivity index (χ1) is 11.6. The smallest absolute Gasteiger partial charge is 0.234 e. The van der Waals surface area contributed by atoms with E-state index in [1.807, 2.05) is 42.6 Å². The molecule has 1 aliphatic rings. The van der Waals surface area contributed by atoms with Gasteiger partial charge in [0.1, 0.15) is 0 Å². The lowest BCUT2D eigenvalue weighted by atomic mass is 10.2. The highest BCUT2D eigenvalue weighted by molar-refractivity contribution is 7.10. The average molecular weight is 364 g/mol. The number of nitrogens with zero attached hydrogens (tertiary/aromatic N) is 2. The summed E-state index contributed by atoms with van der Waals surface area (Å²) in [6.45, 7) is 5.98. The van der Waals surface area contributed by atoms with Crippen LogP contribution in [0.1, 0.15) is 17.8 Å². The lowest BCUT2D eigenvalue weighted by Crippen LogP contribution is -2.49. The fourth-order valence-corrected chi connectivity index (χ4v) is 3.94. The molecule has 0 bridgehead atoms. The van der Waals surface area contributed by atoms with Crippen molar-refractivity contribution in [3.05, 3.63) is 51.7 Å². The number of carbonyl (C=O) groups excluding carboxylic acids is 1. The van der Waals surface area contributed by atoms with Gasteiger partial charge in [-0.05, 0) is 30.5 Å². The van der Waals surface area contributed by atoms with Gasteiger partial charge >= 0.3 is 0 Å². The molecule has 0 saturated carbocycles. The Hall–Kier alpha value is -1.56. The molecule has 1 aromatic heterocycles. The number of rotatable bonds is 5. The minimum absolute atomic E-state index is 0.0712. The first kappa shape index (κ1) is 17.3. The quantitative estimate of drug-likeness (QED) is 0.884. The van der Waals surface area contributed by atoms with Gasteiger partial charge in [-0.2, -0.15) is 0 Å². The van der Waals surface area contributed by atoms with Crippen molar-refractivity contribution >= 4 is 34.5 Å². The number of thiophene rings is 1. The standard InChI is InChI=1S/C18H22ClN3OS/c1-14(17-7-4-12-24-17)20-18(23)13-21-8-10-22(11-9-21)16-6-3-2-5-15(16)19/h2-7,12,14H,8-11,13H2,1H3,(H,20,23). The van der Waals surface area contributed by atoms with Gasteiger partial charge in [0.15, 0.2) is 0 Å². The van der Waals surface area contributed by atoms with E-state index in [0.29, 0.717) is 6.54 Å². The number of anilines is 1. The molecule has 3 rings (SSSR count). The maximum absolute atomic E-state index is 12.2. The number of nitrogens with one attached hydrogen (secondary N) is 1. The van der Waals surface area contributed by atoms with Crippen molar-refractivity contribution in [2.45, 2.75) is 13.0 Å². The van der Waals surface area contributed by atoms with Crippen molar-refractivity contribution < 1.29 is 4.79 Å². The van der Waals surface area contributed by atoms with Crippen LogP contribution in [0.15, 0.2) is 41.8 Å². The van der Waals surface area contributed by atoms with Crippen molar-refractivity contribution in [2.24, 2.45) is 0 Å². The molecule has 0 aliphatic carbocycles. The molecule has 2 heterocycles. The normalized spacial score (nSPS) is 16.8. The molecule has 6 heteroatoms. The Balaban J connectivity index is 1.47. The van der Waals surface area contributed by atoms with Crippen LogP contribution >= 0.6 is 22.9 Å². The van der Waals surface area contributed by atoms with Gasteiger partial charge in [0.2, 0.25) is 5.91 Å². The molecule has 4 nitrogen and oxygen atoms in total. The second-order valence-electron chi connectivity index (χ2n) is 6.02. The zero-order chi connectivity index (χ0) is 16.9. The predicted octanol–water partition coefficient (Wildman–Crippen LogP) is 3.40. The summed E-state index contributed by atoms with van der Waals surface area (Å²) in [7, 11) is 0. The third kappa shape index (κ3) is 4.29. The van der Waals surface area contributed by atoms with E-state index in [2.05, 4.69) is 21.2 Å². The summed E-state index contributed by atoms with van der Waals surface area (Å²) in [5, 5.41) is 5.90. The molecule has 0 spiro atoms. The van der Waals surface area contributed by atoms with Crippen LogP contribution < -0.4 is 10.2 Å². The van der Waals surface area contributed by atoms with Gasteiger partial charge in [-0.1, -0.05) is 29.8 Å². The van der Waals surface area contributed by atoms with Crippen LogP contribution in [0.5, 0.6) is 0 Å². The van der Waals surface area contributed by atoms with Crippen molar-refractivity contribution in [1.29, 1.82) is 0 Å². The van der Waals surface area contributed by atoms with Gasteiger partial charge in [0.05, 0.1) is 23.3 Å². The van der Waals surface area contributed by atoms with E-state index >= 15 is 0 Å². The molecule has 1 amide bonds. The summed E-state index contributed by atoms with van der Waals surface area (Å²) >= 11 is 7.94. The summed E-state index contributed by atoms with van der Waals surface area (Å²) in [5.74, 6) is 0.0853. The molecule has 1 saturated heterocycles. The van der Waals surface area contributed by atoms with E-state index in [9.17, 15) is 4.79 Å². The molecule has 1 unspecified atom stereocenters. The minimum Gasteiger partial charge on any atom is -0.368 e. The Labute approximate surface area is 152 Å². The predicted molar refractivity (Wildman–Crippen MR) is 101 cm³/mol. The maximum atomic E-state index is 12.2. The summed E-state index contributed by atoms with van der Waals surface area (Å²) in [6, 6.07) is 12.1. The first-order valence-corrected chi connectivity index (χ1v) is 9.44. The second-order valence-corrected chi connectivity index (χ2v) is 7.41. The zero-order valence-corrected chi connectivity index (χ0v) is 15.3. The maximum Gasteiger partial charge on any atom is 0.234 e. The van der Waals surface area contributed by atoms with E-state index in [4.69, 9.17) is 11.6 Å². The van der Waals surface area contributed by atoms with Crippen LogP contribution in [-0.4, -0.2) is 43.5 Å². The number of carbonyl (C=O) groups is 1. The highest BCUT2D eigenvalue weighted by Crippen LogP contribution is 2.26. The minimum atomic E-state index is 0.0712. The first-order valence-electron chi connectivity index (χ1n) is 8.18. The average Bonchev–Trinajstić information content (AvgIpc) is 3.11. The van der Waals surface area contributed by atoms with Gasteiger partial charge in [-0.3, -0.25) is 9.69 Å². The number of para-hydroxylation sites is 1. The summed E-state index contributed by atoms with van der Waals surface area (Å²) in [5.41, 5.74) is 1.08. The lowest BCUT2D eigenvalue weighted by Gasteiger charge is -2.36. The lowest BCUT2D eigenvalue weighted by molar-refractivity contribution is -0.122. The summed E-state index contributed by atoms with van der Waals surface area (Å²) < 4.78 is 0. The molecule has 1 aromatic carbocycles. The van der Waals surface area contributed by atoms with E-state index in [1.165, 1.54) is 4.88 Å². The van der Waals surface area contributed by atoms with Crippen LogP contribution in [0.3, 0.4) is 0 Å². The van der Waals surface area contributed by atoms with Crippen molar-refractivity contribution in [1.82, 2.24) is 10.2 Å². The Bertz CT molecular complexity index is 669. The van der Waals surface area contributed by atoms with Gasteiger partial charge in [-0.15, -0.1) is 11.3 Å². The van der Waals surface area contributed by atoms with Gasteiger partial charge in [-0.25, -0.2) is 0 Å². The van der Waals surface area contributed by atoms with Crippen LogP contribution in [0.2, 0.25) is 5.02 Å². The fraction of sp³-hybridized carbons (Fsp3) is 0.389. The van der Waals surface area contributed by atoms with E-state index in [1.54, 1.807) is 11.3 Å². The molecule has 2 aromatic rings. The van der Waals surface area contributed by atoms with Gasteiger partial charge in [0, 0.05) is 31.1 Å². The molecule has 1 atom stereocenters. The van der Waals surface area contributed by atoms with Gasteiger partial charge in [0.25, 0.3) is 0 Å². The molecule has 1 aliphatic heterocycles. The van der Waals surface area contributed by atoms with Crippen molar-refractivity contribution in [3.8, 4) is 0 Å². The van der Waals surface area contributed by atoms with Crippen LogP contribution in [0.25, 0.3) is 0 Å². The molecule has 1 fully saturated rings. The highest BCUT2D eigenvalue weighted by atomic mass is 35.5. The number of hydrogen-bond acceptors (Lipinski definition) is 4. The second kappa shape index (κ2) is 8.01. The van der Waals surface area contributed by atoms with Crippen molar-refractivity contribution in [3.63, 3.8) is 0 Å². The molecular formula is C18H22ClN3OS. The number of benzene rings is 1. The molecular weight excluding hydrogens is 342 g/mol. The number of halogens is 1. The molecule has 24 heavy (non-hydrogen) atoms. The van der Waals surface area contributed by atoms with E-state index < -0.39 is 0 Å². The Morgan fingerprint density at radius 3 is 2.62 bits per heavy atom. The zero-order valence-electron chi connectivity index (χ0n) is 13.7. The van der Waals surface area contributed by atoms with Crippen LogP contribution in [-0.2, 0) is 4.79 Å². The number of hydrogen-bond donors (Lipinski definition) is 1. The fourth-order valence-electron chi connectivity index (χ4n) is 2.95. The largest absolute Gasteiger partial charge is 0.368 e. The number of piperazine rings is 1. The third-order valence-electron chi connectivity index (χ3n) is 4.28. The SMILES string of the molecule is CC(NC(=O)CN1CCN(c2ccccc2Cl)CC1)c1cccs1. The number of amides is 1. The van der Waals surface area contributed by atoms with E-state index in [0.717, 1.165) is 36.9 Å². The van der Waals surface area contributed by atoms with E-state index in [-0.39, 0.29) is 11.9 Å². The summed E-state index contributed by atoms with van der Waals surface area (Å²) in [6.07, 6.45) is 0. The van der Waals surface area contributed by atoms with Gasteiger partial charge < -0.3 is 10.2 Å². The topological polar surface area (TPSA) is 35.6 Å². The monoisotopic (exact) mass is 363 g/mol. The highest BCUT2D eigenvalue weighted by Gasteiger charge is 2.21. The molecule has 0 radical (unpaired) electrons. The molecule has 128 valence electrons. The van der Waals surface area contributed by atoms with Crippen molar-refractivity contribution in [2.75, 3.05) is 37.6 Å². The Morgan fingerprint density at radius 2 is 1.96 bits per heavy atom. The Morgan fingerprint density at radius 1 is 1.21 bits per heavy atom. The molecule has 1 N–H and O–H groups in total. The third-order valence-corrected chi connectivity index (χ3v) is 5.65.